The number of aryl methyl sites for hydroxylation is 2. The fourth-order valence-electron chi connectivity index (χ4n) is 3.07. The summed E-state index contributed by atoms with van der Waals surface area (Å²) >= 11 is 0. The Morgan fingerprint density at radius 1 is 1.11 bits per heavy atom. The third-order valence-electron chi connectivity index (χ3n) is 3.94. The average Bonchev–Trinajstić information content (AvgIpc) is 2.92. The van der Waals surface area contributed by atoms with Crippen molar-refractivity contribution in [2.45, 2.75) is 26.7 Å². The van der Waals surface area contributed by atoms with Gasteiger partial charge in [-0.15, -0.1) is 7.53 Å². The Labute approximate surface area is 117 Å². The highest BCUT2D eigenvalue weighted by Crippen LogP contribution is 2.50. The maximum atomic E-state index is 2.41. The molecule has 2 aromatic rings. The molecule has 1 heteroatoms. The summed E-state index contributed by atoms with van der Waals surface area (Å²) in [6.07, 6.45) is 4.80. The first kappa shape index (κ1) is 12.8. The maximum absolute atomic E-state index is 2.41. The highest BCUT2D eigenvalue weighted by molar-refractivity contribution is 7.48. The Morgan fingerprint density at radius 2 is 1.89 bits per heavy atom. The van der Waals surface area contributed by atoms with Crippen molar-refractivity contribution in [3.05, 3.63) is 64.0 Å². The molecule has 0 amide bonds. The Morgan fingerprint density at radius 3 is 2.58 bits per heavy atom. The van der Waals surface area contributed by atoms with E-state index >= 15 is 0 Å². The van der Waals surface area contributed by atoms with Gasteiger partial charge in [0.1, 0.15) is 0 Å². The molecule has 97 valence electrons. The zero-order valence-electron chi connectivity index (χ0n) is 11.9. The van der Waals surface area contributed by atoms with Crippen molar-refractivity contribution < 1.29 is 0 Å². The molecule has 0 N–H and O–H groups in total. The monoisotopic (exact) mass is 267 g/mol. The van der Waals surface area contributed by atoms with E-state index in [4.69, 9.17) is 0 Å². The highest BCUT2D eigenvalue weighted by Gasteiger charge is 2.27. The quantitative estimate of drug-likeness (QED) is 0.659. The average molecular weight is 267 g/mol. The molecule has 1 aliphatic rings. The smallest absolute Gasteiger partial charge is 0.0355 e. The molecule has 1 aromatic heterocycles. The van der Waals surface area contributed by atoms with E-state index in [0.717, 1.165) is 0 Å². The van der Waals surface area contributed by atoms with Gasteiger partial charge in [0.2, 0.25) is 0 Å². The van der Waals surface area contributed by atoms with Gasteiger partial charge in [0.05, 0.1) is 0 Å². The van der Waals surface area contributed by atoms with Crippen LogP contribution in [0.25, 0.3) is 11.6 Å². The van der Waals surface area contributed by atoms with Crippen LogP contribution >= 0.6 is 7.53 Å². The van der Waals surface area contributed by atoms with Crippen LogP contribution in [0.3, 0.4) is 0 Å². The third kappa shape index (κ3) is 2.09. The van der Waals surface area contributed by atoms with Crippen molar-refractivity contribution in [1.29, 1.82) is 0 Å². The lowest BCUT2D eigenvalue weighted by molar-refractivity contribution is 0.873. The van der Waals surface area contributed by atoms with Crippen LogP contribution in [0.1, 0.15) is 41.8 Å². The van der Waals surface area contributed by atoms with Crippen molar-refractivity contribution in [3.8, 4) is 0 Å². The predicted octanol–water partition coefficient (Wildman–Crippen LogP) is 5.80. The molecule has 3 rings (SSSR count). The van der Waals surface area contributed by atoms with Crippen LogP contribution < -0.4 is 0 Å². The summed E-state index contributed by atoms with van der Waals surface area (Å²) in [7, 11) is -0.109. The zero-order valence-corrected chi connectivity index (χ0v) is 12.8. The van der Waals surface area contributed by atoms with E-state index in [2.05, 4.69) is 62.7 Å². The molecule has 0 fully saturated rings. The molecule has 0 saturated heterocycles. The number of rotatable bonds is 3. The Balaban J connectivity index is 2.12. The van der Waals surface area contributed by atoms with Gasteiger partial charge in [0.15, 0.2) is 0 Å². The summed E-state index contributed by atoms with van der Waals surface area (Å²) in [5.74, 6) is 3.94. The van der Waals surface area contributed by atoms with Gasteiger partial charge >= 0.3 is 0 Å². The maximum Gasteiger partial charge on any atom is 0.0355 e. The standard InChI is InChI=1S/C18H20P/c1-4-7-16-15-9-6-5-8-14(15)12-17(16)18-13(2)10-11-19(18)3/h5-6,8-12H,4,7H2,1-3H3. The molecule has 0 aliphatic heterocycles. The van der Waals surface area contributed by atoms with Gasteiger partial charge in [-0.2, -0.15) is 0 Å². The van der Waals surface area contributed by atoms with Crippen LogP contribution in [0.5, 0.6) is 0 Å². The first-order valence-electron chi connectivity index (χ1n) is 7.02. The Bertz CT molecular complexity index is 611. The number of hydrogen-bond acceptors (Lipinski definition) is 0. The Hall–Kier alpha value is -1.26. The summed E-state index contributed by atoms with van der Waals surface area (Å²) in [6.45, 7) is 6.89. The second-order valence-electron chi connectivity index (χ2n) is 5.33. The second kappa shape index (κ2) is 5.02. The summed E-state index contributed by atoms with van der Waals surface area (Å²) in [5, 5.41) is 1.59. The fraction of sp³-hybridized carbons (Fsp3) is 0.278. The molecule has 1 atom stereocenters. The van der Waals surface area contributed by atoms with Crippen LogP contribution in [-0.2, 0) is 6.66 Å². The molecular formula is C18H20P. The van der Waals surface area contributed by atoms with Crippen LogP contribution in [0.15, 0.2) is 36.1 Å². The van der Waals surface area contributed by atoms with Gasteiger partial charge in [0.25, 0.3) is 0 Å². The van der Waals surface area contributed by atoms with Crippen molar-refractivity contribution >= 4 is 19.2 Å². The predicted molar refractivity (Wildman–Crippen MR) is 86.4 cm³/mol. The van der Waals surface area contributed by atoms with Crippen LogP contribution in [0.2, 0.25) is 0 Å². The van der Waals surface area contributed by atoms with E-state index in [9.17, 15) is 0 Å². The van der Waals surface area contributed by atoms with Crippen molar-refractivity contribution in [1.82, 2.24) is 0 Å². The van der Waals surface area contributed by atoms with E-state index in [0.29, 0.717) is 0 Å². The van der Waals surface area contributed by atoms with E-state index < -0.39 is 0 Å². The highest BCUT2D eigenvalue weighted by atomic mass is 31.1. The molecule has 0 spiro atoms. The third-order valence-corrected chi connectivity index (χ3v) is 5.84. The fourth-order valence-corrected chi connectivity index (χ4v) is 4.88. The molecular weight excluding hydrogens is 247 g/mol. The van der Waals surface area contributed by atoms with Crippen LogP contribution in [0.4, 0.5) is 0 Å². The van der Waals surface area contributed by atoms with Crippen molar-refractivity contribution in [2.24, 2.45) is 6.66 Å². The number of fused-ring (bicyclic) bond motifs is 1. The lowest BCUT2D eigenvalue weighted by atomic mass is 9.90. The molecule has 0 saturated carbocycles. The van der Waals surface area contributed by atoms with Gasteiger partial charge in [-0.05, 0) is 54.1 Å². The number of benzene rings is 1. The summed E-state index contributed by atoms with van der Waals surface area (Å²) in [5.41, 5.74) is 5.83. The Kier molecular flexibility index (Phi) is 3.37. The molecule has 1 unspecified atom stereocenters. The number of allylic oxidation sites excluding steroid dienone is 1. The van der Waals surface area contributed by atoms with E-state index in [-0.39, 0.29) is 7.53 Å². The van der Waals surface area contributed by atoms with E-state index in [1.165, 1.54) is 35.1 Å². The SMILES string of the molecule is CCC[C]1C(c2c(C)ccp2C)=Cc2ccccc21. The largest absolute Gasteiger partial charge is 0.120 e. The summed E-state index contributed by atoms with van der Waals surface area (Å²) in [6, 6.07) is 11.1. The van der Waals surface area contributed by atoms with Gasteiger partial charge < -0.3 is 0 Å². The number of hydrogen-bond donors (Lipinski definition) is 0. The lowest BCUT2D eigenvalue weighted by Gasteiger charge is -2.16. The molecule has 0 bridgehead atoms. The molecule has 1 radical (unpaired) electrons. The van der Waals surface area contributed by atoms with Crippen LogP contribution in [-0.4, -0.2) is 0 Å². The van der Waals surface area contributed by atoms with E-state index in [1.807, 2.05) is 0 Å². The van der Waals surface area contributed by atoms with Gasteiger partial charge in [-0.1, -0.05) is 43.7 Å². The lowest BCUT2D eigenvalue weighted by Crippen LogP contribution is -1.99. The van der Waals surface area contributed by atoms with Crippen molar-refractivity contribution in [3.63, 3.8) is 0 Å². The van der Waals surface area contributed by atoms with E-state index in [1.54, 1.807) is 11.2 Å². The summed E-state index contributed by atoms with van der Waals surface area (Å²) < 4.78 is 0. The molecule has 1 aromatic carbocycles. The zero-order chi connectivity index (χ0) is 13.4. The molecule has 0 nitrogen and oxygen atoms in total. The minimum atomic E-state index is -0.109. The first-order valence-corrected chi connectivity index (χ1v) is 8.87. The first-order chi connectivity index (χ1) is 9.22. The minimum absolute atomic E-state index is 0.109. The normalized spacial score (nSPS) is 15.5. The topological polar surface area (TPSA) is 0 Å². The molecule has 19 heavy (non-hydrogen) atoms. The van der Waals surface area contributed by atoms with Gasteiger partial charge in [-0.3, -0.25) is 0 Å². The molecule has 1 aliphatic carbocycles. The van der Waals surface area contributed by atoms with Crippen molar-refractivity contribution in [2.75, 3.05) is 0 Å². The summed E-state index contributed by atoms with van der Waals surface area (Å²) in [4.78, 5) is 0. The minimum Gasteiger partial charge on any atom is -0.120 e. The second-order valence-corrected chi connectivity index (χ2v) is 7.30. The van der Waals surface area contributed by atoms with Gasteiger partial charge in [-0.25, -0.2) is 0 Å². The molecule has 1 heterocycles. The van der Waals surface area contributed by atoms with Gasteiger partial charge in [0, 0.05) is 11.2 Å². The van der Waals surface area contributed by atoms with Crippen LogP contribution in [0, 0.1) is 12.8 Å².